The second kappa shape index (κ2) is 5.49. The van der Waals surface area contributed by atoms with E-state index in [0.29, 0.717) is 0 Å². The average molecular weight is 316 g/mol. The van der Waals surface area contributed by atoms with Crippen molar-refractivity contribution in [2.24, 2.45) is 0 Å². The fourth-order valence-electron chi connectivity index (χ4n) is 3.89. The minimum Gasteiger partial charge on any atom is -0.0813 e. The van der Waals surface area contributed by atoms with Gasteiger partial charge < -0.3 is 0 Å². The first-order valence-corrected chi connectivity index (χ1v) is 8.71. The molecule has 0 amide bonds. The lowest BCUT2D eigenvalue weighted by Gasteiger charge is -2.11. The summed E-state index contributed by atoms with van der Waals surface area (Å²) >= 11 is 0. The van der Waals surface area contributed by atoms with Gasteiger partial charge in [-0.1, -0.05) is 90.4 Å². The van der Waals surface area contributed by atoms with Crippen molar-refractivity contribution in [1.29, 1.82) is 0 Å². The van der Waals surface area contributed by atoms with Crippen LogP contribution in [0, 0.1) is 0 Å². The Morgan fingerprint density at radius 2 is 1.20 bits per heavy atom. The van der Waals surface area contributed by atoms with E-state index in [-0.39, 0.29) is 0 Å². The Hall–Kier alpha value is -3.06. The van der Waals surface area contributed by atoms with Gasteiger partial charge in [-0.15, -0.1) is 0 Å². The predicted molar refractivity (Wildman–Crippen MR) is 113 cm³/mol. The highest BCUT2D eigenvalue weighted by atomic mass is 14.1. The standard InChI is InChI=1S/C24H17B/c25-24-10-4-9-21-20-8-3-7-19(22(20)13-14-23(21)24)18-12-11-16-5-1-2-6-17(16)15-18/h1-15H,25H2. The van der Waals surface area contributed by atoms with E-state index in [9.17, 15) is 0 Å². The van der Waals surface area contributed by atoms with Crippen LogP contribution in [0.2, 0.25) is 0 Å². The van der Waals surface area contributed by atoms with Crippen molar-refractivity contribution in [3.63, 3.8) is 0 Å². The molecule has 0 aliphatic carbocycles. The molecule has 5 aromatic rings. The summed E-state index contributed by atoms with van der Waals surface area (Å²) in [6.07, 6.45) is 0. The lowest BCUT2D eigenvalue weighted by Crippen LogP contribution is -2.02. The van der Waals surface area contributed by atoms with Crippen molar-refractivity contribution in [2.75, 3.05) is 0 Å². The van der Waals surface area contributed by atoms with Crippen molar-refractivity contribution in [2.45, 2.75) is 0 Å². The Balaban J connectivity index is 1.83. The van der Waals surface area contributed by atoms with E-state index >= 15 is 0 Å². The molecule has 0 atom stereocenters. The van der Waals surface area contributed by atoms with Gasteiger partial charge in [-0.05, 0) is 49.5 Å². The lowest BCUT2D eigenvalue weighted by molar-refractivity contribution is 1.69. The fourth-order valence-corrected chi connectivity index (χ4v) is 3.89. The third-order valence-corrected chi connectivity index (χ3v) is 5.20. The predicted octanol–water partition coefficient (Wildman–Crippen LogP) is 5.07. The van der Waals surface area contributed by atoms with Gasteiger partial charge in [-0.2, -0.15) is 0 Å². The number of benzene rings is 5. The molecule has 0 radical (unpaired) electrons. The molecule has 1 heteroatoms. The van der Waals surface area contributed by atoms with Gasteiger partial charge in [0.05, 0.1) is 0 Å². The molecule has 0 heterocycles. The molecule has 0 bridgehead atoms. The third kappa shape index (κ3) is 2.24. The van der Waals surface area contributed by atoms with E-state index in [1.165, 1.54) is 48.9 Å². The van der Waals surface area contributed by atoms with Crippen molar-refractivity contribution in [1.82, 2.24) is 0 Å². The quantitative estimate of drug-likeness (QED) is 0.299. The Bertz CT molecular complexity index is 1250. The minimum atomic E-state index is 1.27. The van der Waals surface area contributed by atoms with Crippen LogP contribution in [0.25, 0.3) is 43.4 Å². The molecule has 5 rings (SSSR count). The molecule has 0 nitrogen and oxygen atoms in total. The summed E-state index contributed by atoms with van der Waals surface area (Å²) < 4.78 is 0. The largest absolute Gasteiger partial charge is 0.140 e. The van der Waals surface area contributed by atoms with Crippen molar-refractivity contribution in [3.05, 3.63) is 91.0 Å². The summed E-state index contributed by atoms with van der Waals surface area (Å²) in [5.74, 6) is 0. The number of hydrogen-bond donors (Lipinski definition) is 0. The average Bonchev–Trinajstić information content (AvgIpc) is 2.67. The molecule has 0 aliphatic rings. The highest BCUT2D eigenvalue weighted by molar-refractivity contribution is 6.40. The Labute approximate surface area is 148 Å². The Morgan fingerprint density at radius 3 is 2.08 bits per heavy atom. The zero-order valence-corrected chi connectivity index (χ0v) is 14.2. The summed E-state index contributed by atoms with van der Waals surface area (Å²) in [6.45, 7) is 0. The number of rotatable bonds is 1. The minimum absolute atomic E-state index is 1.27. The van der Waals surface area contributed by atoms with Crippen LogP contribution in [0.3, 0.4) is 0 Å². The molecule has 0 aliphatic heterocycles. The van der Waals surface area contributed by atoms with Crippen LogP contribution in [-0.4, -0.2) is 7.85 Å². The first-order chi connectivity index (χ1) is 12.3. The molecule has 0 fully saturated rings. The van der Waals surface area contributed by atoms with Gasteiger partial charge in [0.15, 0.2) is 0 Å². The number of hydrogen-bond acceptors (Lipinski definition) is 0. The maximum atomic E-state index is 2.30. The van der Waals surface area contributed by atoms with Gasteiger partial charge >= 0.3 is 0 Å². The number of fused-ring (bicyclic) bond motifs is 4. The highest BCUT2D eigenvalue weighted by Crippen LogP contribution is 2.33. The summed E-state index contributed by atoms with van der Waals surface area (Å²) in [5, 5.41) is 7.88. The molecule has 0 unspecified atom stereocenters. The van der Waals surface area contributed by atoms with Gasteiger partial charge in [0, 0.05) is 0 Å². The molecular weight excluding hydrogens is 299 g/mol. The summed E-state index contributed by atoms with van der Waals surface area (Å²) in [4.78, 5) is 0. The van der Waals surface area contributed by atoms with E-state index in [1.54, 1.807) is 0 Å². The van der Waals surface area contributed by atoms with E-state index in [4.69, 9.17) is 0 Å². The zero-order chi connectivity index (χ0) is 16.8. The van der Waals surface area contributed by atoms with Gasteiger partial charge in [0.2, 0.25) is 0 Å². The van der Waals surface area contributed by atoms with Crippen molar-refractivity contribution >= 4 is 45.6 Å². The monoisotopic (exact) mass is 316 g/mol. The molecule has 0 N–H and O–H groups in total. The van der Waals surface area contributed by atoms with Gasteiger partial charge in [0.25, 0.3) is 0 Å². The van der Waals surface area contributed by atoms with Crippen LogP contribution in [-0.2, 0) is 0 Å². The summed E-state index contributed by atoms with van der Waals surface area (Å²) in [7, 11) is 2.18. The first kappa shape index (κ1) is 14.3. The van der Waals surface area contributed by atoms with Gasteiger partial charge in [-0.3, -0.25) is 0 Å². The zero-order valence-electron chi connectivity index (χ0n) is 14.2. The van der Waals surface area contributed by atoms with Crippen LogP contribution in [0.4, 0.5) is 0 Å². The molecule has 5 aromatic carbocycles. The molecular formula is C24H17B. The van der Waals surface area contributed by atoms with Gasteiger partial charge in [-0.25, -0.2) is 0 Å². The molecule has 0 spiro atoms. The molecule has 0 saturated carbocycles. The maximum absolute atomic E-state index is 2.30. The summed E-state index contributed by atoms with van der Waals surface area (Å²) in [5.41, 5.74) is 3.90. The summed E-state index contributed by atoms with van der Waals surface area (Å²) in [6, 6.07) is 33.0. The molecule has 0 aromatic heterocycles. The van der Waals surface area contributed by atoms with Crippen molar-refractivity contribution < 1.29 is 0 Å². The Kier molecular flexibility index (Phi) is 3.14. The normalized spacial score (nSPS) is 11.4. The third-order valence-electron chi connectivity index (χ3n) is 5.20. The second-order valence-electron chi connectivity index (χ2n) is 6.70. The molecule has 0 saturated heterocycles. The van der Waals surface area contributed by atoms with E-state index in [1.807, 2.05) is 0 Å². The van der Waals surface area contributed by atoms with Crippen LogP contribution in [0.15, 0.2) is 91.0 Å². The topological polar surface area (TPSA) is 0 Å². The molecule has 116 valence electrons. The van der Waals surface area contributed by atoms with E-state index in [0.717, 1.165) is 0 Å². The van der Waals surface area contributed by atoms with Crippen LogP contribution < -0.4 is 5.46 Å². The highest BCUT2D eigenvalue weighted by Gasteiger charge is 2.08. The Morgan fingerprint density at radius 1 is 0.480 bits per heavy atom. The van der Waals surface area contributed by atoms with Crippen LogP contribution in [0.5, 0.6) is 0 Å². The van der Waals surface area contributed by atoms with Crippen LogP contribution >= 0.6 is 0 Å². The van der Waals surface area contributed by atoms with Crippen molar-refractivity contribution in [3.8, 4) is 11.1 Å². The fraction of sp³-hybridized carbons (Fsp3) is 0. The smallest absolute Gasteiger partial charge is 0.0813 e. The molecule has 25 heavy (non-hydrogen) atoms. The lowest BCUT2D eigenvalue weighted by atomic mass is 9.87. The van der Waals surface area contributed by atoms with E-state index < -0.39 is 0 Å². The maximum Gasteiger partial charge on any atom is 0.140 e. The second-order valence-corrected chi connectivity index (χ2v) is 6.70. The van der Waals surface area contributed by atoms with E-state index in [2.05, 4.69) is 98.8 Å². The first-order valence-electron chi connectivity index (χ1n) is 8.71. The van der Waals surface area contributed by atoms with Crippen LogP contribution in [0.1, 0.15) is 0 Å². The van der Waals surface area contributed by atoms with Gasteiger partial charge in [0.1, 0.15) is 7.85 Å². The SMILES string of the molecule is Bc1cccc2c1ccc1c(-c3ccc4ccccc4c3)cccc12.